The van der Waals surface area contributed by atoms with E-state index in [-0.39, 0.29) is 12.3 Å². The molecule has 2 aromatic heterocycles. The summed E-state index contributed by atoms with van der Waals surface area (Å²) in [7, 11) is 1.56. The Bertz CT molecular complexity index is 801. The first kappa shape index (κ1) is 14.7. The van der Waals surface area contributed by atoms with Crippen LogP contribution in [0.4, 0.5) is 5.69 Å². The molecule has 1 amide bonds. The van der Waals surface area contributed by atoms with Gasteiger partial charge in [-0.3, -0.25) is 14.9 Å². The van der Waals surface area contributed by atoms with E-state index in [9.17, 15) is 4.79 Å². The third-order valence-electron chi connectivity index (χ3n) is 3.13. The number of aromatic nitrogens is 4. The third kappa shape index (κ3) is 3.52. The van der Waals surface area contributed by atoms with Crippen molar-refractivity contribution in [3.05, 3.63) is 54.5 Å². The summed E-state index contributed by atoms with van der Waals surface area (Å²) < 4.78 is 5.20. The van der Waals surface area contributed by atoms with Gasteiger partial charge in [0.05, 0.1) is 19.2 Å². The van der Waals surface area contributed by atoms with E-state index in [1.54, 1.807) is 25.4 Å². The number of aromatic amines is 1. The lowest BCUT2D eigenvalue weighted by atomic mass is 10.2. The number of hydrogen-bond acceptors (Lipinski definition) is 5. The van der Waals surface area contributed by atoms with Crippen LogP contribution in [0.15, 0.2) is 48.7 Å². The van der Waals surface area contributed by atoms with Gasteiger partial charge in [0.25, 0.3) is 0 Å². The molecule has 0 saturated carbocycles. The Morgan fingerprint density at radius 3 is 2.83 bits per heavy atom. The Hall–Kier alpha value is -3.22. The van der Waals surface area contributed by atoms with Crippen molar-refractivity contribution in [3.63, 3.8) is 0 Å². The molecule has 0 aliphatic carbocycles. The first-order valence-corrected chi connectivity index (χ1v) is 7.02. The standard InChI is InChI=1S/C16H15N5O2/c1-23-13-8-3-2-6-11(13)18-15(22)10-14-19-16(21-20-14)12-7-4-5-9-17-12/h2-9H,10H2,1H3,(H,18,22)(H,19,20,21). The predicted octanol–water partition coefficient (Wildman–Crippen LogP) is 2.06. The van der Waals surface area contributed by atoms with Crippen molar-refractivity contribution in [2.24, 2.45) is 0 Å². The fraction of sp³-hybridized carbons (Fsp3) is 0.125. The number of ether oxygens (including phenoxy) is 1. The Kier molecular flexibility index (Phi) is 4.28. The molecule has 2 heterocycles. The molecule has 3 rings (SSSR count). The van der Waals surface area contributed by atoms with Crippen molar-refractivity contribution in [1.82, 2.24) is 20.2 Å². The van der Waals surface area contributed by atoms with E-state index in [4.69, 9.17) is 4.74 Å². The first-order valence-electron chi connectivity index (χ1n) is 7.02. The maximum Gasteiger partial charge on any atom is 0.232 e. The summed E-state index contributed by atoms with van der Waals surface area (Å²) in [6, 6.07) is 12.7. The van der Waals surface area contributed by atoms with E-state index in [1.165, 1.54) is 0 Å². The van der Waals surface area contributed by atoms with Crippen LogP contribution in [0, 0.1) is 0 Å². The number of anilines is 1. The van der Waals surface area contributed by atoms with Crippen LogP contribution in [0.5, 0.6) is 5.75 Å². The van der Waals surface area contributed by atoms with E-state index in [0.717, 1.165) is 0 Å². The van der Waals surface area contributed by atoms with Crippen molar-refractivity contribution in [3.8, 4) is 17.3 Å². The third-order valence-corrected chi connectivity index (χ3v) is 3.13. The minimum atomic E-state index is -0.210. The van der Waals surface area contributed by atoms with Gasteiger partial charge in [0, 0.05) is 6.20 Å². The molecule has 3 aromatic rings. The number of carbonyl (C=O) groups excluding carboxylic acids is 1. The molecule has 116 valence electrons. The summed E-state index contributed by atoms with van der Waals surface area (Å²) in [5.41, 5.74) is 1.27. The van der Waals surface area contributed by atoms with E-state index in [0.29, 0.717) is 28.8 Å². The lowest BCUT2D eigenvalue weighted by Gasteiger charge is -2.08. The van der Waals surface area contributed by atoms with Gasteiger partial charge in [0.15, 0.2) is 5.82 Å². The number of nitrogens with one attached hydrogen (secondary N) is 2. The van der Waals surface area contributed by atoms with Gasteiger partial charge in [-0.25, -0.2) is 4.98 Å². The molecular weight excluding hydrogens is 294 g/mol. The van der Waals surface area contributed by atoms with Crippen molar-refractivity contribution in [2.45, 2.75) is 6.42 Å². The number of carbonyl (C=O) groups is 1. The minimum Gasteiger partial charge on any atom is -0.495 e. The molecule has 0 unspecified atom stereocenters. The summed E-state index contributed by atoms with van der Waals surface area (Å²) in [6.45, 7) is 0. The van der Waals surface area contributed by atoms with Gasteiger partial charge in [0.1, 0.15) is 17.3 Å². The molecule has 0 radical (unpaired) electrons. The predicted molar refractivity (Wildman–Crippen MR) is 84.9 cm³/mol. The number of hydrogen-bond donors (Lipinski definition) is 2. The second-order valence-corrected chi connectivity index (χ2v) is 4.75. The highest BCUT2D eigenvalue weighted by atomic mass is 16.5. The minimum absolute atomic E-state index is 0.0812. The molecule has 0 aliphatic heterocycles. The average Bonchev–Trinajstić information content (AvgIpc) is 3.04. The SMILES string of the molecule is COc1ccccc1NC(=O)Cc1nc(-c2ccccn2)n[nH]1. The molecular formula is C16H15N5O2. The number of H-pyrrole nitrogens is 1. The van der Waals surface area contributed by atoms with Crippen LogP contribution < -0.4 is 10.1 Å². The largest absolute Gasteiger partial charge is 0.495 e. The molecule has 7 heteroatoms. The highest BCUT2D eigenvalue weighted by Gasteiger charge is 2.12. The molecule has 0 aliphatic rings. The molecule has 23 heavy (non-hydrogen) atoms. The zero-order valence-electron chi connectivity index (χ0n) is 12.5. The molecule has 0 saturated heterocycles. The van der Waals surface area contributed by atoms with Crippen LogP contribution in [0.3, 0.4) is 0 Å². The Morgan fingerprint density at radius 1 is 1.22 bits per heavy atom. The van der Waals surface area contributed by atoms with Gasteiger partial charge in [-0.15, -0.1) is 0 Å². The van der Waals surface area contributed by atoms with Crippen LogP contribution in [-0.2, 0) is 11.2 Å². The Balaban J connectivity index is 1.68. The number of nitrogens with zero attached hydrogens (tertiary/aromatic N) is 3. The van der Waals surface area contributed by atoms with Gasteiger partial charge in [-0.2, -0.15) is 5.10 Å². The maximum absolute atomic E-state index is 12.1. The number of rotatable bonds is 5. The van der Waals surface area contributed by atoms with Crippen molar-refractivity contribution < 1.29 is 9.53 Å². The van der Waals surface area contributed by atoms with Gasteiger partial charge in [0.2, 0.25) is 5.91 Å². The van der Waals surface area contributed by atoms with Gasteiger partial charge in [-0.1, -0.05) is 18.2 Å². The Morgan fingerprint density at radius 2 is 2.04 bits per heavy atom. The number of methoxy groups -OCH3 is 1. The summed E-state index contributed by atoms with van der Waals surface area (Å²) in [5.74, 6) is 1.33. The summed E-state index contributed by atoms with van der Waals surface area (Å²) in [6.07, 6.45) is 1.75. The summed E-state index contributed by atoms with van der Waals surface area (Å²) in [4.78, 5) is 20.6. The van der Waals surface area contributed by atoms with Crippen LogP contribution in [0.25, 0.3) is 11.5 Å². The first-order chi connectivity index (χ1) is 11.3. The molecule has 1 aromatic carbocycles. The average molecular weight is 309 g/mol. The second-order valence-electron chi connectivity index (χ2n) is 4.75. The second kappa shape index (κ2) is 6.69. The van der Waals surface area contributed by atoms with E-state index in [1.807, 2.05) is 30.3 Å². The molecule has 0 fully saturated rings. The van der Waals surface area contributed by atoms with Gasteiger partial charge < -0.3 is 10.1 Å². The fourth-order valence-corrected chi connectivity index (χ4v) is 2.08. The lowest BCUT2D eigenvalue weighted by Crippen LogP contribution is -2.15. The van der Waals surface area contributed by atoms with Crippen LogP contribution in [-0.4, -0.2) is 33.2 Å². The smallest absolute Gasteiger partial charge is 0.232 e. The van der Waals surface area contributed by atoms with E-state index >= 15 is 0 Å². The molecule has 0 spiro atoms. The van der Waals surface area contributed by atoms with Crippen molar-refractivity contribution in [1.29, 1.82) is 0 Å². The number of para-hydroxylation sites is 2. The van der Waals surface area contributed by atoms with Crippen LogP contribution in [0.1, 0.15) is 5.82 Å². The summed E-state index contributed by atoms with van der Waals surface area (Å²) in [5, 5.41) is 9.62. The zero-order chi connectivity index (χ0) is 16.1. The maximum atomic E-state index is 12.1. The number of benzene rings is 1. The zero-order valence-corrected chi connectivity index (χ0v) is 12.5. The lowest BCUT2D eigenvalue weighted by molar-refractivity contribution is -0.115. The Labute approximate surface area is 132 Å². The van der Waals surface area contributed by atoms with E-state index in [2.05, 4.69) is 25.5 Å². The number of pyridine rings is 1. The van der Waals surface area contributed by atoms with Crippen molar-refractivity contribution >= 4 is 11.6 Å². The van der Waals surface area contributed by atoms with Crippen LogP contribution in [0.2, 0.25) is 0 Å². The van der Waals surface area contributed by atoms with Crippen LogP contribution >= 0.6 is 0 Å². The normalized spacial score (nSPS) is 10.3. The highest BCUT2D eigenvalue weighted by molar-refractivity contribution is 5.93. The topological polar surface area (TPSA) is 92.8 Å². The molecule has 0 bridgehead atoms. The van der Waals surface area contributed by atoms with E-state index < -0.39 is 0 Å². The summed E-state index contributed by atoms with van der Waals surface area (Å²) >= 11 is 0. The monoisotopic (exact) mass is 309 g/mol. The number of amides is 1. The molecule has 0 atom stereocenters. The van der Waals surface area contributed by atoms with Gasteiger partial charge >= 0.3 is 0 Å². The molecule has 2 N–H and O–H groups in total. The fourth-order valence-electron chi connectivity index (χ4n) is 2.08. The van der Waals surface area contributed by atoms with Crippen molar-refractivity contribution in [2.75, 3.05) is 12.4 Å². The van der Waals surface area contributed by atoms with Gasteiger partial charge in [-0.05, 0) is 24.3 Å². The quantitative estimate of drug-likeness (QED) is 0.752. The molecule has 7 nitrogen and oxygen atoms in total. The highest BCUT2D eigenvalue weighted by Crippen LogP contribution is 2.23.